The third-order valence-electron chi connectivity index (χ3n) is 4.25. The van der Waals surface area contributed by atoms with E-state index in [0.29, 0.717) is 6.04 Å². The number of pyridine rings is 3. The Labute approximate surface area is 154 Å². The molecule has 3 rings (SSSR count). The fourth-order valence-corrected chi connectivity index (χ4v) is 2.83. The van der Waals surface area contributed by atoms with Gasteiger partial charge in [0.1, 0.15) is 5.82 Å². The predicted molar refractivity (Wildman–Crippen MR) is 107 cm³/mol. The van der Waals surface area contributed by atoms with Crippen LogP contribution in [0.4, 0.5) is 5.82 Å². The molecular formula is C20H26N6. The highest BCUT2D eigenvalue weighted by Crippen LogP contribution is 2.30. The predicted octanol–water partition coefficient (Wildman–Crippen LogP) is 3.25. The first kappa shape index (κ1) is 18.2. The lowest BCUT2D eigenvalue weighted by molar-refractivity contribution is 0.416. The van der Waals surface area contributed by atoms with E-state index in [1.807, 2.05) is 44.3 Å². The fraction of sp³-hybridized carbons (Fsp3) is 0.350. The summed E-state index contributed by atoms with van der Waals surface area (Å²) in [6.45, 7) is 7.98. The smallest absolute Gasteiger partial charge is 0.126 e. The second-order valence-electron chi connectivity index (χ2n) is 7.52. The van der Waals surface area contributed by atoms with Crippen LogP contribution in [0.15, 0.2) is 42.9 Å². The number of nitrogens with one attached hydrogen (secondary N) is 1. The average molecular weight is 350 g/mol. The van der Waals surface area contributed by atoms with E-state index >= 15 is 0 Å². The maximum absolute atomic E-state index is 6.45. The topological polar surface area (TPSA) is 103 Å². The van der Waals surface area contributed by atoms with Crippen molar-refractivity contribution in [1.29, 1.82) is 0 Å². The van der Waals surface area contributed by atoms with Gasteiger partial charge in [0.05, 0.1) is 17.4 Å². The molecule has 3 aromatic heterocycles. The van der Waals surface area contributed by atoms with Crippen LogP contribution in [-0.2, 0) is 0 Å². The van der Waals surface area contributed by atoms with E-state index in [1.54, 1.807) is 12.4 Å². The van der Waals surface area contributed by atoms with Crippen molar-refractivity contribution >= 4 is 16.6 Å². The number of fused-ring (bicyclic) bond motifs is 1. The zero-order valence-corrected chi connectivity index (χ0v) is 15.7. The molecule has 0 aliphatic carbocycles. The quantitative estimate of drug-likeness (QED) is 0.653. The Morgan fingerprint density at radius 1 is 1.12 bits per heavy atom. The third kappa shape index (κ3) is 3.81. The van der Waals surface area contributed by atoms with Gasteiger partial charge in [0, 0.05) is 46.5 Å². The maximum atomic E-state index is 6.45. The molecule has 3 heterocycles. The van der Waals surface area contributed by atoms with Gasteiger partial charge in [-0.25, -0.2) is 4.98 Å². The van der Waals surface area contributed by atoms with Crippen LogP contribution in [0.2, 0.25) is 0 Å². The molecule has 0 aromatic carbocycles. The Bertz CT molecular complexity index is 914. The molecule has 1 atom stereocenters. The Balaban J connectivity index is 2.16. The third-order valence-corrected chi connectivity index (χ3v) is 4.25. The molecule has 0 saturated carbocycles. The molecule has 26 heavy (non-hydrogen) atoms. The molecule has 3 aromatic rings. The highest BCUT2D eigenvalue weighted by Gasteiger charge is 2.26. The molecule has 0 fully saturated rings. The van der Waals surface area contributed by atoms with Gasteiger partial charge in [0.15, 0.2) is 0 Å². The molecular weight excluding hydrogens is 324 g/mol. The number of hydrogen-bond acceptors (Lipinski definition) is 6. The Morgan fingerprint density at radius 3 is 2.58 bits per heavy atom. The normalized spacial score (nSPS) is 13.2. The van der Waals surface area contributed by atoms with Gasteiger partial charge >= 0.3 is 0 Å². The van der Waals surface area contributed by atoms with E-state index in [-0.39, 0.29) is 0 Å². The van der Waals surface area contributed by atoms with Crippen LogP contribution in [0.3, 0.4) is 0 Å². The van der Waals surface area contributed by atoms with E-state index in [9.17, 15) is 0 Å². The average Bonchev–Trinajstić information content (AvgIpc) is 2.59. The SMILES string of the molecule is CC(C)Nc1cc(-c2cc3cnccc3c(C(N)C(C)(C)N)n2)ccn1. The van der Waals surface area contributed by atoms with Crippen molar-refractivity contribution in [2.24, 2.45) is 11.5 Å². The lowest BCUT2D eigenvalue weighted by Crippen LogP contribution is -2.44. The summed E-state index contributed by atoms with van der Waals surface area (Å²) in [5, 5.41) is 5.28. The molecule has 1 unspecified atom stereocenters. The second-order valence-corrected chi connectivity index (χ2v) is 7.52. The van der Waals surface area contributed by atoms with Gasteiger partial charge in [0.25, 0.3) is 0 Å². The van der Waals surface area contributed by atoms with Crippen molar-refractivity contribution in [2.45, 2.75) is 45.3 Å². The van der Waals surface area contributed by atoms with Gasteiger partial charge in [-0.15, -0.1) is 0 Å². The molecule has 0 amide bonds. The minimum atomic E-state index is -0.593. The Morgan fingerprint density at radius 2 is 1.88 bits per heavy atom. The van der Waals surface area contributed by atoms with Crippen molar-refractivity contribution in [3.05, 3.63) is 48.5 Å². The minimum absolute atomic E-state index is 0.300. The Hall–Kier alpha value is -2.57. The molecule has 6 nitrogen and oxygen atoms in total. The van der Waals surface area contributed by atoms with E-state index in [0.717, 1.165) is 33.5 Å². The minimum Gasteiger partial charge on any atom is -0.368 e. The summed E-state index contributed by atoms with van der Waals surface area (Å²) < 4.78 is 0. The fourth-order valence-electron chi connectivity index (χ4n) is 2.83. The molecule has 0 bridgehead atoms. The number of rotatable bonds is 5. The van der Waals surface area contributed by atoms with Gasteiger partial charge in [-0.1, -0.05) is 0 Å². The van der Waals surface area contributed by atoms with Crippen LogP contribution in [-0.4, -0.2) is 26.5 Å². The monoisotopic (exact) mass is 350 g/mol. The highest BCUT2D eigenvalue weighted by atomic mass is 15.0. The first-order chi connectivity index (χ1) is 12.3. The molecule has 6 heteroatoms. The van der Waals surface area contributed by atoms with Crippen LogP contribution >= 0.6 is 0 Å². The first-order valence-electron chi connectivity index (χ1n) is 8.78. The van der Waals surface area contributed by atoms with E-state index < -0.39 is 11.6 Å². The van der Waals surface area contributed by atoms with Gasteiger partial charge in [-0.3, -0.25) is 9.97 Å². The van der Waals surface area contributed by atoms with Crippen molar-refractivity contribution < 1.29 is 0 Å². The van der Waals surface area contributed by atoms with E-state index in [4.69, 9.17) is 16.5 Å². The van der Waals surface area contributed by atoms with Gasteiger partial charge in [-0.05, 0) is 52.0 Å². The second kappa shape index (κ2) is 6.97. The number of hydrogen-bond donors (Lipinski definition) is 3. The molecule has 136 valence electrons. The van der Waals surface area contributed by atoms with Crippen LogP contribution in [0, 0.1) is 0 Å². The molecule has 5 N–H and O–H groups in total. The number of nitrogens with two attached hydrogens (primary N) is 2. The lowest BCUT2D eigenvalue weighted by Gasteiger charge is -2.27. The molecule has 0 radical (unpaired) electrons. The van der Waals surface area contributed by atoms with E-state index in [1.165, 1.54) is 0 Å². The molecule has 0 aliphatic rings. The van der Waals surface area contributed by atoms with Gasteiger partial charge in [0.2, 0.25) is 0 Å². The van der Waals surface area contributed by atoms with Crippen molar-refractivity contribution in [3.63, 3.8) is 0 Å². The van der Waals surface area contributed by atoms with Crippen LogP contribution in [0.1, 0.15) is 39.4 Å². The number of aromatic nitrogens is 3. The number of anilines is 1. The summed E-state index contributed by atoms with van der Waals surface area (Å²) in [6, 6.07) is 7.80. The summed E-state index contributed by atoms with van der Waals surface area (Å²) in [7, 11) is 0. The summed E-state index contributed by atoms with van der Waals surface area (Å²) in [5.41, 5.74) is 14.7. The van der Waals surface area contributed by atoms with Gasteiger partial charge < -0.3 is 16.8 Å². The summed E-state index contributed by atoms with van der Waals surface area (Å²) in [6.07, 6.45) is 5.36. The van der Waals surface area contributed by atoms with Crippen LogP contribution in [0.5, 0.6) is 0 Å². The zero-order valence-electron chi connectivity index (χ0n) is 15.7. The summed E-state index contributed by atoms with van der Waals surface area (Å²) in [4.78, 5) is 13.5. The van der Waals surface area contributed by atoms with Crippen molar-refractivity contribution in [1.82, 2.24) is 15.0 Å². The lowest BCUT2D eigenvalue weighted by atomic mass is 9.91. The molecule has 0 aliphatic heterocycles. The number of nitrogens with zero attached hydrogens (tertiary/aromatic N) is 3. The molecule has 0 saturated heterocycles. The van der Waals surface area contributed by atoms with Crippen LogP contribution in [0.25, 0.3) is 22.0 Å². The highest BCUT2D eigenvalue weighted by molar-refractivity contribution is 5.87. The molecule has 0 spiro atoms. The van der Waals surface area contributed by atoms with E-state index in [2.05, 4.69) is 29.1 Å². The Kier molecular flexibility index (Phi) is 4.89. The standard InChI is InChI=1S/C20H26N6/c1-12(2)25-17-10-13(5-8-24-17)16-9-14-11-23-7-6-15(14)18(26-16)19(21)20(3,4)22/h5-12,19H,21-22H2,1-4H3,(H,24,25). The summed E-state index contributed by atoms with van der Waals surface area (Å²) >= 11 is 0. The van der Waals surface area contributed by atoms with Crippen molar-refractivity contribution in [3.8, 4) is 11.3 Å². The van der Waals surface area contributed by atoms with Crippen LogP contribution < -0.4 is 16.8 Å². The largest absolute Gasteiger partial charge is 0.368 e. The maximum Gasteiger partial charge on any atom is 0.126 e. The first-order valence-corrected chi connectivity index (χ1v) is 8.78. The summed E-state index contributed by atoms with van der Waals surface area (Å²) in [5.74, 6) is 0.815. The van der Waals surface area contributed by atoms with Gasteiger partial charge in [-0.2, -0.15) is 0 Å². The van der Waals surface area contributed by atoms with Crippen molar-refractivity contribution in [2.75, 3.05) is 5.32 Å². The zero-order chi connectivity index (χ0) is 18.9.